The monoisotopic (exact) mass is 363 g/mol. The van der Waals surface area contributed by atoms with Crippen LogP contribution in [0.1, 0.15) is 16.1 Å². The highest BCUT2D eigenvalue weighted by Crippen LogP contribution is 2.35. The number of hydrogen-bond acceptors (Lipinski definition) is 3. The normalized spacial score (nSPS) is 11.8. The predicted molar refractivity (Wildman–Crippen MR) is 94.3 cm³/mol. The van der Waals surface area contributed by atoms with E-state index in [0.29, 0.717) is 27.2 Å². The zero-order valence-electron chi connectivity index (χ0n) is 12.7. The Bertz CT molecular complexity index is 1050. The van der Waals surface area contributed by atoms with Crippen LogP contribution in [-0.4, -0.2) is 30.7 Å². The van der Waals surface area contributed by atoms with Crippen LogP contribution in [-0.2, 0) is 15.6 Å². The molecule has 1 aromatic heterocycles. The zero-order valence-corrected chi connectivity index (χ0v) is 14.3. The van der Waals surface area contributed by atoms with Gasteiger partial charge in [0.05, 0.1) is 5.75 Å². The molecule has 3 aromatic rings. The van der Waals surface area contributed by atoms with Crippen LogP contribution < -0.4 is 0 Å². The molecule has 0 fully saturated rings. The highest BCUT2D eigenvalue weighted by Gasteiger charge is 2.19. The topological polar surface area (TPSA) is 87.2 Å². The number of benzene rings is 2. The minimum absolute atomic E-state index is 0.0723. The molecule has 0 atom stereocenters. The van der Waals surface area contributed by atoms with Crippen molar-refractivity contribution in [3.63, 3.8) is 0 Å². The summed E-state index contributed by atoms with van der Waals surface area (Å²) in [6.45, 7) is 0. The van der Waals surface area contributed by atoms with Gasteiger partial charge in [-0.25, -0.2) is 13.2 Å². The molecule has 0 saturated heterocycles. The molecule has 0 aliphatic rings. The van der Waals surface area contributed by atoms with Crippen molar-refractivity contribution in [1.82, 2.24) is 4.98 Å². The van der Waals surface area contributed by atoms with Gasteiger partial charge in [0.25, 0.3) is 0 Å². The molecule has 0 unspecified atom stereocenters. The van der Waals surface area contributed by atoms with Gasteiger partial charge in [-0.05, 0) is 23.3 Å². The summed E-state index contributed by atoms with van der Waals surface area (Å²) in [6, 6.07) is 12.2. The summed E-state index contributed by atoms with van der Waals surface area (Å²) in [7, 11) is -3.21. The molecule has 0 amide bonds. The van der Waals surface area contributed by atoms with Crippen molar-refractivity contribution in [1.29, 1.82) is 0 Å². The van der Waals surface area contributed by atoms with E-state index in [-0.39, 0.29) is 11.4 Å². The van der Waals surface area contributed by atoms with Gasteiger partial charge in [-0.1, -0.05) is 41.9 Å². The lowest BCUT2D eigenvalue weighted by atomic mass is 10.0. The average molecular weight is 364 g/mol. The maximum Gasteiger partial charge on any atom is 0.352 e. The van der Waals surface area contributed by atoms with Crippen LogP contribution in [0, 0.1) is 0 Å². The molecule has 24 heavy (non-hydrogen) atoms. The lowest BCUT2D eigenvalue weighted by Gasteiger charge is -2.07. The molecule has 2 aromatic carbocycles. The molecule has 2 N–H and O–H groups in total. The average Bonchev–Trinajstić information content (AvgIpc) is 2.88. The number of carboxylic acid groups (broad SMARTS) is 1. The number of sulfone groups is 1. The van der Waals surface area contributed by atoms with Crippen LogP contribution in [0.5, 0.6) is 0 Å². The number of carboxylic acids is 1. The molecule has 0 radical (unpaired) electrons. The molecular weight excluding hydrogens is 350 g/mol. The van der Waals surface area contributed by atoms with Gasteiger partial charge in [0.15, 0.2) is 9.84 Å². The first-order chi connectivity index (χ1) is 11.3. The summed E-state index contributed by atoms with van der Waals surface area (Å²) in [4.78, 5) is 14.5. The van der Waals surface area contributed by atoms with Crippen molar-refractivity contribution in [3.8, 4) is 11.1 Å². The standard InChI is InChI=1S/C17H14ClNO4S/c1-24(22,23)9-11-7-6-10(8-13(11)18)15-12-4-2-3-5-14(12)19-16(15)17(20)21/h2-8,19H,9H2,1H3,(H,20,21). The first-order valence-corrected chi connectivity index (χ1v) is 9.50. The Hall–Kier alpha value is -2.31. The van der Waals surface area contributed by atoms with E-state index >= 15 is 0 Å². The third kappa shape index (κ3) is 3.16. The third-order valence-corrected chi connectivity index (χ3v) is 4.87. The number of hydrogen-bond donors (Lipinski definition) is 2. The first-order valence-electron chi connectivity index (χ1n) is 7.07. The van der Waals surface area contributed by atoms with Crippen molar-refractivity contribution in [2.45, 2.75) is 5.75 Å². The van der Waals surface area contributed by atoms with Crippen LogP contribution in [0.3, 0.4) is 0 Å². The van der Waals surface area contributed by atoms with Crippen molar-refractivity contribution in [2.75, 3.05) is 6.26 Å². The van der Waals surface area contributed by atoms with Gasteiger partial charge >= 0.3 is 5.97 Å². The number of fused-ring (bicyclic) bond motifs is 1. The minimum Gasteiger partial charge on any atom is -0.477 e. The first kappa shape index (κ1) is 16.5. The second-order valence-electron chi connectivity index (χ2n) is 5.60. The Morgan fingerprint density at radius 2 is 1.92 bits per heavy atom. The summed E-state index contributed by atoms with van der Waals surface area (Å²) in [5.41, 5.74) is 2.42. The molecule has 0 saturated carbocycles. The van der Waals surface area contributed by atoms with Crippen molar-refractivity contribution < 1.29 is 18.3 Å². The number of carbonyl (C=O) groups is 1. The van der Waals surface area contributed by atoms with E-state index in [0.717, 1.165) is 11.6 Å². The molecule has 1 heterocycles. The molecule has 0 spiro atoms. The summed E-state index contributed by atoms with van der Waals surface area (Å²) in [5.74, 6) is -1.23. The Balaban J connectivity index is 2.19. The zero-order chi connectivity index (χ0) is 17.5. The lowest BCUT2D eigenvalue weighted by Crippen LogP contribution is -2.02. The van der Waals surface area contributed by atoms with Gasteiger partial charge in [-0.15, -0.1) is 0 Å². The summed E-state index contributed by atoms with van der Waals surface area (Å²) in [6.07, 6.45) is 1.14. The van der Waals surface area contributed by atoms with Gasteiger partial charge in [-0.2, -0.15) is 0 Å². The smallest absolute Gasteiger partial charge is 0.352 e. The Labute approximate surface area is 143 Å². The number of aromatic carboxylic acids is 1. The minimum atomic E-state index is -3.21. The number of nitrogens with one attached hydrogen (secondary N) is 1. The Morgan fingerprint density at radius 1 is 1.21 bits per heavy atom. The number of rotatable bonds is 4. The van der Waals surface area contributed by atoms with Crippen LogP contribution in [0.4, 0.5) is 0 Å². The Morgan fingerprint density at radius 3 is 2.54 bits per heavy atom. The van der Waals surface area contributed by atoms with Crippen molar-refractivity contribution >= 4 is 38.3 Å². The predicted octanol–water partition coefficient (Wildman–Crippen LogP) is 3.73. The van der Waals surface area contributed by atoms with Gasteiger partial charge < -0.3 is 10.1 Å². The number of halogens is 1. The van der Waals surface area contributed by atoms with E-state index in [9.17, 15) is 18.3 Å². The SMILES string of the molecule is CS(=O)(=O)Cc1ccc(-c2c(C(=O)O)[nH]c3ccccc23)cc1Cl. The maximum absolute atomic E-state index is 11.6. The number of aromatic nitrogens is 1. The fourth-order valence-corrected chi connectivity index (χ4v) is 3.85. The number of aromatic amines is 1. The molecule has 5 nitrogen and oxygen atoms in total. The van der Waals surface area contributed by atoms with E-state index in [1.807, 2.05) is 18.2 Å². The fraction of sp³-hybridized carbons (Fsp3) is 0.118. The van der Waals surface area contributed by atoms with Gasteiger partial charge in [-0.3, -0.25) is 0 Å². The fourth-order valence-electron chi connectivity index (χ4n) is 2.70. The maximum atomic E-state index is 11.6. The van der Waals surface area contributed by atoms with E-state index in [1.165, 1.54) is 0 Å². The largest absolute Gasteiger partial charge is 0.477 e. The van der Waals surface area contributed by atoms with Gasteiger partial charge in [0.1, 0.15) is 5.69 Å². The molecular formula is C17H14ClNO4S. The van der Waals surface area contributed by atoms with Crippen LogP contribution in [0.25, 0.3) is 22.0 Å². The second kappa shape index (κ2) is 5.96. The molecule has 0 aliphatic carbocycles. The summed E-state index contributed by atoms with van der Waals surface area (Å²) in [5, 5.41) is 10.5. The van der Waals surface area contributed by atoms with E-state index in [1.54, 1.807) is 24.3 Å². The van der Waals surface area contributed by atoms with Crippen LogP contribution >= 0.6 is 11.6 Å². The van der Waals surface area contributed by atoms with Gasteiger partial charge in [0, 0.05) is 27.7 Å². The highest BCUT2D eigenvalue weighted by molar-refractivity contribution is 7.89. The third-order valence-electron chi connectivity index (χ3n) is 3.68. The highest BCUT2D eigenvalue weighted by atomic mass is 35.5. The quantitative estimate of drug-likeness (QED) is 0.739. The number of para-hydroxylation sites is 1. The molecule has 0 aliphatic heterocycles. The van der Waals surface area contributed by atoms with Crippen molar-refractivity contribution in [2.24, 2.45) is 0 Å². The summed E-state index contributed by atoms with van der Waals surface area (Å²) >= 11 is 6.21. The van der Waals surface area contributed by atoms with E-state index in [4.69, 9.17) is 11.6 Å². The van der Waals surface area contributed by atoms with Gasteiger partial charge in [0.2, 0.25) is 0 Å². The van der Waals surface area contributed by atoms with Crippen molar-refractivity contribution in [3.05, 3.63) is 58.7 Å². The van der Waals surface area contributed by atoms with E-state index < -0.39 is 15.8 Å². The molecule has 3 rings (SSSR count). The van der Waals surface area contributed by atoms with Crippen LogP contribution in [0.2, 0.25) is 5.02 Å². The lowest BCUT2D eigenvalue weighted by molar-refractivity contribution is 0.0692. The number of H-pyrrole nitrogens is 1. The molecule has 124 valence electrons. The molecule has 7 heteroatoms. The second-order valence-corrected chi connectivity index (χ2v) is 8.15. The van der Waals surface area contributed by atoms with E-state index in [2.05, 4.69) is 4.98 Å². The summed E-state index contributed by atoms with van der Waals surface area (Å²) < 4.78 is 22.9. The Kier molecular flexibility index (Phi) is 4.11. The van der Waals surface area contributed by atoms with Crippen LogP contribution in [0.15, 0.2) is 42.5 Å². The molecule has 0 bridgehead atoms.